The lowest BCUT2D eigenvalue weighted by Crippen LogP contribution is -2.43. The van der Waals surface area contributed by atoms with E-state index in [1.807, 2.05) is 13.8 Å². The number of amides is 1. The summed E-state index contributed by atoms with van der Waals surface area (Å²) in [5, 5.41) is 0. The molecule has 1 saturated heterocycles. The number of rotatable bonds is 7. The largest absolute Gasteiger partial charge is 0.454 e. The van der Waals surface area contributed by atoms with Crippen molar-refractivity contribution >= 4 is 29.2 Å². The standard InChI is InChI=1S/C22H26N4O6/c1-13(2)11-26-19(23)18(20(29)24(3)22(26)31)16(27)12-32-21(30)14-6-4-7-15(10-14)25-9-5-8-17(25)28/h4,6-7,10,13H,5,8-9,11-12,23H2,1-3H3. The van der Waals surface area contributed by atoms with E-state index in [1.165, 1.54) is 19.2 Å². The van der Waals surface area contributed by atoms with Crippen LogP contribution in [0.15, 0.2) is 33.9 Å². The van der Waals surface area contributed by atoms with Crippen molar-refractivity contribution in [1.82, 2.24) is 9.13 Å². The molecule has 0 unspecified atom stereocenters. The molecule has 1 aromatic carbocycles. The van der Waals surface area contributed by atoms with Crippen LogP contribution in [0.4, 0.5) is 11.5 Å². The number of hydrogen-bond acceptors (Lipinski definition) is 7. The molecule has 1 aliphatic rings. The Labute approximate surface area is 184 Å². The number of carbonyl (C=O) groups excluding carboxylic acids is 3. The van der Waals surface area contributed by atoms with E-state index in [0.29, 0.717) is 18.7 Å². The molecular formula is C22H26N4O6. The Hall–Kier alpha value is -3.69. The van der Waals surface area contributed by atoms with Gasteiger partial charge in [0.15, 0.2) is 6.61 Å². The van der Waals surface area contributed by atoms with E-state index < -0.39 is 35.2 Å². The minimum atomic E-state index is -0.844. The SMILES string of the molecule is CC(C)Cn1c(N)c(C(=O)COC(=O)c2cccc(N3CCCC3=O)c2)c(=O)n(C)c1=O. The van der Waals surface area contributed by atoms with E-state index in [1.54, 1.807) is 17.0 Å². The number of nitrogens with zero attached hydrogens (tertiary/aromatic N) is 3. The monoisotopic (exact) mass is 442 g/mol. The summed E-state index contributed by atoms with van der Waals surface area (Å²) in [4.78, 5) is 63.6. The van der Waals surface area contributed by atoms with Crippen molar-refractivity contribution in [2.24, 2.45) is 13.0 Å². The van der Waals surface area contributed by atoms with Gasteiger partial charge in [-0.2, -0.15) is 0 Å². The summed E-state index contributed by atoms with van der Waals surface area (Å²) in [6, 6.07) is 6.36. The Balaban J connectivity index is 1.80. The predicted octanol–water partition coefficient (Wildman–Crippen LogP) is 0.952. The van der Waals surface area contributed by atoms with Crippen molar-refractivity contribution in [1.29, 1.82) is 0 Å². The zero-order valence-electron chi connectivity index (χ0n) is 18.3. The number of benzene rings is 1. The lowest BCUT2D eigenvalue weighted by Gasteiger charge is -2.17. The fraction of sp³-hybridized carbons (Fsp3) is 0.409. The van der Waals surface area contributed by atoms with Crippen molar-refractivity contribution in [3.8, 4) is 0 Å². The Morgan fingerprint density at radius 1 is 1.19 bits per heavy atom. The number of esters is 1. The molecule has 32 heavy (non-hydrogen) atoms. The Kier molecular flexibility index (Phi) is 6.61. The zero-order chi connectivity index (χ0) is 23.6. The van der Waals surface area contributed by atoms with Gasteiger partial charge in [-0.1, -0.05) is 19.9 Å². The molecule has 170 valence electrons. The Morgan fingerprint density at radius 2 is 1.91 bits per heavy atom. The van der Waals surface area contributed by atoms with Gasteiger partial charge in [0.25, 0.3) is 5.56 Å². The smallest absolute Gasteiger partial charge is 0.338 e. The van der Waals surface area contributed by atoms with Crippen LogP contribution in [-0.2, 0) is 23.1 Å². The molecule has 2 heterocycles. The maximum atomic E-state index is 12.7. The Bertz CT molecular complexity index is 1190. The molecule has 1 fully saturated rings. The van der Waals surface area contributed by atoms with Gasteiger partial charge in [-0.25, -0.2) is 9.59 Å². The van der Waals surface area contributed by atoms with Gasteiger partial charge in [0.1, 0.15) is 11.4 Å². The molecule has 2 aromatic rings. The summed E-state index contributed by atoms with van der Waals surface area (Å²) in [7, 11) is 1.26. The highest BCUT2D eigenvalue weighted by Crippen LogP contribution is 2.22. The highest BCUT2D eigenvalue weighted by molar-refractivity contribution is 6.02. The number of anilines is 2. The number of ketones is 1. The number of hydrogen-bond donors (Lipinski definition) is 1. The maximum Gasteiger partial charge on any atom is 0.338 e. The summed E-state index contributed by atoms with van der Waals surface area (Å²) in [6.07, 6.45) is 1.20. The number of aromatic nitrogens is 2. The summed E-state index contributed by atoms with van der Waals surface area (Å²) in [5.74, 6) is -1.81. The van der Waals surface area contributed by atoms with Gasteiger partial charge >= 0.3 is 11.7 Å². The van der Waals surface area contributed by atoms with Crippen molar-refractivity contribution in [2.75, 3.05) is 23.8 Å². The molecule has 1 aliphatic heterocycles. The van der Waals surface area contributed by atoms with Gasteiger partial charge in [-0.15, -0.1) is 0 Å². The summed E-state index contributed by atoms with van der Waals surface area (Å²) >= 11 is 0. The molecular weight excluding hydrogens is 416 g/mol. The second-order valence-electron chi connectivity index (χ2n) is 8.11. The van der Waals surface area contributed by atoms with Crippen LogP contribution in [0.1, 0.15) is 47.4 Å². The minimum absolute atomic E-state index is 0.0199. The van der Waals surface area contributed by atoms with Gasteiger partial charge in [-0.3, -0.25) is 23.5 Å². The average Bonchev–Trinajstić information content (AvgIpc) is 3.19. The van der Waals surface area contributed by atoms with Crippen LogP contribution in [0.2, 0.25) is 0 Å². The molecule has 3 rings (SSSR count). The third-order valence-electron chi connectivity index (χ3n) is 5.21. The Morgan fingerprint density at radius 3 is 2.53 bits per heavy atom. The first-order chi connectivity index (χ1) is 15.1. The summed E-state index contributed by atoms with van der Waals surface area (Å²) in [6.45, 7) is 3.81. The number of Topliss-reactive ketones (excluding diaryl/α,β-unsaturated/α-hetero) is 1. The van der Waals surface area contributed by atoms with Crippen molar-refractivity contribution < 1.29 is 19.1 Å². The summed E-state index contributed by atoms with van der Waals surface area (Å²) < 4.78 is 7.08. The van der Waals surface area contributed by atoms with Gasteiger partial charge < -0.3 is 15.4 Å². The zero-order valence-corrected chi connectivity index (χ0v) is 18.3. The number of ether oxygens (including phenoxy) is 1. The van der Waals surface area contributed by atoms with E-state index in [0.717, 1.165) is 15.6 Å². The minimum Gasteiger partial charge on any atom is -0.454 e. The third kappa shape index (κ3) is 4.48. The second kappa shape index (κ2) is 9.21. The molecule has 0 atom stereocenters. The van der Waals surface area contributed by atoms with Crippen molar-refractivity contribution in [3.05, 3.63) is 56.2 Å². The molecule has 0 saturated carbocycles. The van der Waals surface area contributed by atoms with Crippen LogP contribution >= 0.6 is 0 Å². The normalized spacial score (nSPS) is 13.6. The van der Waals surface area contributed by atoms with Crippen LogP contribution in [-0.4, -0.2) is 39.9 Å². The van der Waals surface area contributed by atoms with E-state index >= 15 is 0 Å². The van der Waals surface area contributed by atoms with E-state index in [-0.39, 0.29) is 29.8 Å². The first-order valence-electron chi connectivity index (χ1n) is 10.3. The first kappa shape index (κ1) is 23.0. The second-order valence-corrected chi connectivity index (χ2v) is 8.11. The quantitative estimate of drug-likeness (QED) is 0.498. The average molecular weight is 442 g/mol. The van der Waals surface area contributed by atoms with E-state index in [4.69, 9.17) is 10.5 Å². The maximum absolute atomic E-state index is 12.7. The van der Waals surface area contributed by atoms with Gasteiger partial charge in [0.2, 0.25) is 11.7 Å². The van der Waals surface area contributed by atoms with Crippen LogP contribution in [0.25, 0.3) is 0 Å². The molecule has 0 aliphatic carbocycles. The van der Waals surface area contributed by atoms with Crippen LogP contribution in [0.5, 0.6) is 0 Å². The number of nitrogen functional groups attached to an aromatic ring is 1. The molecule has 1 aromatic heterocycles. The van der Waals surface area contributed by atoms with Crippen LogP contribution < -0.4 is 21.9 Å². The molecule has 10 nitrogen and oxygen atoms in total. The third-order valence-corrected chi connectivity index (χ3v) is 5.21. The molecule has 1 amide bonds. The lowest BCUT2D eigenvalue weighted by atomic mass is 10.1. The van der Waals surface area contributed by atoms with E-state index in [9.17, 15) is 24.0 Å². The number of nitrogens with two attached hydrogens (primary N) is 1. The molecule has 0 bridgehead atoms. The fourth-order valence-electron chi connectivity index (χ4n) is 3.60. The van der Waals surface area contributed by atoms with Gasteiger partial charge in [-0.05, 0) is 30.5 Å². The van der Waals surface area contributed by atoms with Crippen molar-refractivity contribution in [3.63, 3.8) is 0 Å². The van der Waals surface area contributed by atoms with E-state index in [2.05, 4.69) is 0 Å². The highest BCUT2D eigenvalue weighted by Gasteiger charge is 2.25. The lowest BCUT2D eigenvalue weighted by molar-refractivity contribution is -0.117. The van der Waals surface area contributed by atoms with Gasteiger partial charge in [0, 0.05) is 32.2 Å². The first-order valence-corrected chi connectivity index (χ1v) is 10.3. The summed E-state index contributed by atoms with van der Waals surface area (Å²) in [5.41, 5.74) is 4.86. The predicted molar refractivity (Wildman–Crippen MR) is 118 cm³/mol. The van der Waals surface area contributed by atoms with Crippen molar-refractivity contribution in [2.45, 2.75) is 33.2 Å². The molecule has 0 radical (unpaired) electrons. The molecule has 10 heteroatoms. The van der Waals surface area contributed by atoms with Crippen LogP contribution in [0.3, 0.4) is 0 Å². The topological polar surface area (TPSA) is 134 Å². The van der Waals surface area contributed by atoms with Gasteiger partial charge in [0.05, 0.1) is 5.56 Å². The number of carbonyl (C=O) groups is 3. The molecule has 0 spiro atoms. The fourth-order valence-corrected chi connectivity index (χ4v) is 3.60. The van der Waals surface area contributed by atoms with Crippen LogP contribution in [0, 0.1) is 5.92 Å². The highest BCUT2D eigenvalue weighted by atomic mass is 16.5. The molecule has 2 N–H and O–H groups in total.